The highest BCUT2D eigenvalue weighted by Crippen LogP contribution is 2.16. The zero-order valence-electron chi connectivity index (χ0n) is 10.5. The van der Waals surface area contributed by atoms with Crippen molar-refractivity contribution in [1.82, 2.24) is 5.32 Å². The van der Waals surface area contributed by atoms with Gasteiger partial charge in [0.05, 0.1) is 6.10 Å². The molecule has 0 saturated carbocycles. The van der Waals surface area contributed by atoms with Crippen molar-refractivity contribution in [3.05, 3.63) is 35.4 Å². The summed E-state index contributed by atoms with van der Waals surface area (Å²) in [6.07, 6.45) is 0.675. The number of likely N-dealkylation sites (N-methyl/N-ethyl adjacent to an activating group) is 1. The molecule has 1 atom stereocenters. The normalized spacial score (nSPS) is 13.1. The molecule has 0 aliphatic carbocycles. The summed E-state index contributed by atoms with van der Waals surface area (Å²) in [7, 11) is 0. The lowest BCUT2D eigenvalue weighted by molar-refractivity contribution is 0.175. The Bertz CT molecular complexity index is 309. The van der Waals surface area contributed by atoms with Crippen molar-refractivity contribution in [2.45, 2.75) is 33.3 Å². The van der Waals surface area contributed by atoms with Crippen LogP contribution in [-0.2, 0) is 6.42 Å². The first kappa shape index (κ1) is 13.2. The lowest BCUT2D eigenvalue weighted by Crippen LogP contribution is -2.20. The molecular weight excluding hydrogens is 198 g/mol. The minimum atomic E-state index is -0.396. The summed E-state index contributed by atoms with van der Waals surface area (Å²) in [5, 5.41) is 13.1. The van der Waals surface area contributed by atoms with Crippen molar-refractivity contribution in [3.63, 3.8) is 0 Å². The SMILES string of the molecule is CCNCC(O)c1cccc(CC(C)C)c1. The second-order valence-corrected chi connectivity index (χ2v) is 4.67. The summed E-state index contributed by atoms with van der Waals surface area (Å²) >= 11 is 0. The van der Waals surface area contributed by atoms with Crippen molar-refractivity contribution in [1.29, 1.82) is 0 Å². The molecule has 90 valence electrons. The van der Waals surface area contributed by atoms with E-state index in [1.54, 1.807) is 0 Å². The van der Waals surface area contributed by atoms with E-state index in [-0.39, 0.29) is 0 Å². The second kappa shape index (κ2) is 6.66. The van der Waals surface area contributed by atoms with Crippen LogP contribution in [0.1, 0.15) is 38.0 Å². The molecule has 2 N–H and O–H groups in total. The van der Waals surface area contributed by atoms with Crippen LogP contribution in [-0.4, -0.2) is 18.2 Å². The van der Waals surface area contributed by atoms with Gasteiger partial charge in [-0.05, 0) is 30.0 Å². The molecule has 0 aromatic heterocycles. The molecule has 0 heterocycles. The van der Waals surface area contributed by atoms with Crippen molar-refractivity contribution >= 4 is 0 Å². The van der Waals surface area contributed by atoms with Crippen molar-refractivity contribution in [2.75, 3.05) is 13.1 Å². The van der Waals surface area contributed by atoms with Gasteiger partial charge in [-0.3, -0.25) is 0 Å². The first-order valence-corrected chi connectivity index (χ1v) is 6.11. The van der Waals surface area contributed by atoms with Crippen LogP contribution in [0.5, 0.6) is 0 Å². The van der Waals surface area contributed by atoms with Gasteiger partial charge in [0.2, 0.25) is 0 Å². The summed E-state index contributed by atoms with van der Waals surface area (Å²) in [6, 6.07) is 8.26. The summed E-state index contributed by atoms with van der Waals surface area (Å²) in [6.45, 7) is 7.98. The monoisotopic (exact) mass is 221 g/mol. The van der Waals surface area contributed by atoms with Gasteiger partial charge in [-0.25, -0.2) is 0 Å². The molecule has 0 spiro atoms. The van der Waals surface area contributed by atoms with Crippen LogP contribution < -0.4 is 5.32 Å². The minimum Gasteiger partial charge on any atom is -0.387 e. The Balaban J connectivity index is 2.65. The van der Waals surface area contributed by atoms with Gasteiger partial charge >= 0.3 is 0 Å². The van der Waals surface area contributed by atoms with E-state index >= 15 is 0 Å². The minimum absolute atomic E-state index is 0.396. The van der Waals surface area contributed by atoms with E-state index in [1.807, 2.05) is 19.1 Å². The van der Waals surface area contributed by atoms with Crippen molar-refractivity contribution in [3.8, 4) is 0 Å². The van der Waals surface area contributed by atoms with Gasteiger partial charge in [0, 0.05) is 6.54 Å². The number of hydrogen-bond donors (Lipinski definition) is 2. The molecule has 2 heteroatoms. The number of hydrogen-bond acceptors (Lipinski definition) is 2. The Hall–Kier alpha value is -0.860. The molecule has 0 saturated heterocycles. The average molecular weight is 221 g/mol. The van der Waals surface area contributed by atoms with E-state index in [2.05, 4.69) is 31.3 Å². The highest BCUT2D eigenvalue weighted by atomic mass is 16.3. The Morgan fingerprint density at radius 3 is 2.69 bits per heavy atom. The topological polar surface area (TPSA) is 32.3 Å². The fourth-order valence-corrected chi connectivity index (χ4v) is 1.80. The van der Waals surface area contributed by atoms with Crippen LogP contribution >= 0.6 is 0 Å². The number of aliphatic hydroxyl groups excluding tert-OH is 1. The third-order valence-corrected chi connectivity index (χ3v) is 2.57. The first-order chi connectivity index (χ1) is 7.63. The first-order valence-electron chi connectivity index (χ1n) is 6.11. The second-order valence-electron chi connectivity index (χ2n) is 4.67. The van der Waals surface area contributed by atoms with Gasteiger partial charge in [-0.2, -0.15) is 0 Å². The Labute approximate surface area is 98.7 Å². The van der Waals surface area contributed by atoms with Gasteiger partial charge < -0.3 is 10.4 Å². The lowest BCUT2D eigenvalue weighted by atomic mass is 9.99. The molecule has 1 rings (SSSR count). The van der Waals surface area contributed by atoms with E-state index in [0.29, 0.717) is 12.5 Å². The van der Waals surface area contributed by atoms with Gasteiger partial charge in [0.1, 0.15) is 0 Å². The van der Waals surface area contributed by atoms with Crippen LogP contribution in [0.2, 0.25) is 0 Å². The maximum absolute atomic E-state index is 9.95. The van der Waals surface area contributed by atoms with E-state index in [0.717, 1.165) is 18.5 Å². The van der Waals surface area contributed by atoms with Crippen LogP contribution in [0.25, 0.3) is 0 Å². The lowest BCUT2D eigenvalue weighted by Gasteiger charge is -2.13. The smallest absolute Gasteiger partial charge is 0.0914 e. The molecule has 0 bridgehead atoms. The van der Waals surface area contributed by atoms with Gasteiger partial charge in [-0.15, -0.1) is 0 Å². The number of benzene rings is 1. The number of rotatable bonds is 6. The molecule has 1 aromatic carbocycles. The van der Waals surface area contributed by atoms with E-state index in [9.17, 15) is 5.11 Å². The fraction of sp³-hybridized carbons (Fsp3) is 0.571. The summed E-state index contributed by atoms with van der Waals surface area (Å²) in [4.78, 5) is 0. The maximum Gasteiger partial charge on any atom is 0.0914 e. The fourth-order valence-electron chi connectivity index (χ4n) is 1.80. The van der Waals surface area contributed by atoms with E-state index in [1.165, 1.54) is 5.56 Å². The van der Waals surface area contributed by atoms with Crippen LogP contribution in [0.3, 0.4) is 0 Å². The predicted octanol–water partition coefficient (Wildman–Crippen LogP) is 2.53. The highest BCUT2D eigenvalue weighted by Gasteiger charge is 2.07. The summed E-state index contributed by atoms with van der Waals surface area (Å²) < 4.78 is 0. The molecule has 0 aliphatic rings. The van der Waals surface area contributed by atoms with Gasteiger partial charge in [0.25, 0.3) is 0 Å². The molecular formula is C14H23NO. The predicted molar refractivity (Wildman–Crippen MR) is 68.5 cm³/mol. The van der Waals surface area contributed by atoms with E-state index < -0.39 is 6.10 Å². The molecule has 2 nitrogen and oxygen atoms in total. The molecule has 0 amide bonds. The van der Waals surface area contributed by atoms with E-state index in [4.69, 9.17) is 0 Å². The Kier molecular flexibility index (Phi) is 5.50. The Morgan fingerprint density at radius 1 is 1.31 bits per heavy atom. The third-order valence-electron chi connectivity index (χ3n) is 2.57. The van der Waals surface area contributed by atoms with Gasteiger partial charge in [0.15, 0.2) is 0 Å². The van der Waals surface area contributed by atoms with Crippen molar-refractivity contribution in [2.24, 2.45) is 5.92 Å². The Morgan fingerprint density at radius 2 is 2.06 bits per heavy atom. The molecule has 1 aromatic rings. The average Bonchev–Trinajstić information content (AvgIpc) is 2.25. The quantitative estimate of drug-likeness (QED) is 0.773. The largest absolute Gasteiger partial charge is 0.387 e. The zero-order valence-corrected chi connectivity index (χ0v) is 10.5. The molecule has 0 aliphatic heterocycles. The molecule has 0 radical (unpaired) electrons. The molecule has 1 unspecified atom stereocenters. The van der Waals surface area contributed by atoms with Gasteiger partial charge in [-0.1, -0.05) is 45.0 Å². The molecule has 16 heavy (non-hydrogen) atoms. The number of aliphatic hydroxyl groups is 1. The summed E-state index contributed by atoms with van der Waals surface area (Å²) in [5.74, 6) is 0.654. The highest BCUT2D eigenvalue weighted by molar-refractivity contribution is 5.25. The molecule has 0 fully saturated rings. The van der Waals surface area contributed by atoms with Crippen molar-refractivity contribution < 1.29 is 5.11 Å². The number of nitrogens with one attached hydrogen (secondary N) is 1. The standard InChI is InChI=1S/C14H23NO/c1-4-15-10-14(16)13-7-5-6-12(9-13)8-11(2)3/h5-7,9,11,14-16H,4,8,10H2,1-3H3. The maximum atomic E-state index is 9.95. The zero-order chi connectivity index (χ0) is 12.0. The van der Waals surface area contributed by atoms with Crippen LogP contribution in [0.4, 0.5) is 0 Å². The summed E-state index contributed by atoms with van der Waals surface area (Å²) in [5.41, 5.74) is 2.32. The van der Waals surface area contributed by atoms with Crippen LogP contribution in [0, 0.1) is 5.92 Å². The van der Waals surface area contributed by atoms with Crippen LogP contribution in [0.15, 0.2) is 24.3 Å². The third kappa shape index (κ3) is 4.33.